The van der Waals surface area contributed by atoms with Gasteiger partial charge in [0.1, 0.15) is 6.04 Å². The van der Waals surface area contributed by atoms with Crippen LogP contribution in [0.1, 0.15) is 25.8 Å². The molecule has 2 rings (SSSR count). The zero-order chi connectivity index (χ0) is 20.7. The highest BCUT2D eigenvalue weighted by Crippen LogP contribution is 2.21. The van der Waals surface area contributed by atoms with Gasteiger partial charge in [-0.1, -0.05) is 32.0 Å². The maximum Gasteiger partial charge on any atom is 0.305 e. The Morgan fingerprint density at radius 1 is 1.18 bits per heavy atom. The number of H-pyrrole nitrogens is 1. The molecule has 4 N–H and O–H groups in total. The minimum absolute atomic E-state index is 0.0264. The molecule has 0 saturated carbocycles. The molecule has 152 valence electrons. The number of carbonyl (C=O) groups excluding carboxylic acids is 2. The van der Waals surface area contributed by atoms with Gasteiger partial charge in [0.15, 0.2) is 0 Å². The molecule has 0 aliphatic rings. The van der Waals surface area contributed by atoms with Gasteiger partial charge in [-0.05, 0) is 24.0 Å². The lowest BCUT2D eigenvalue weighted by atomic mass is 9.97. The summed E-state index contributed by atoms with van der Waals surface area (Å²) in [6, 6.07) is 7.14. The molecule has 1 aromatic heterocycles. The first-order valence-electron chi connectivity index (χ1n) is 9.29. The van der Waals surface area contributed by atoms with Crippen LogP contribution in [0.3, 0.4) is 0 Å². The second-order valence-electron chi connectivity index (χ2n) is 7.11. The first kappa shape index (κ1) is 21.8. The number of aromatic amines is 1. The predicted molar refractivity (Wildman–Crippen MR) is 111 cm³/mol. The molecule has 0 bridgehead atoms. The zero-order valence-electron chi connectivity index (χ0n) is 16.1. The summed E-state index contributed by atoms with van der Waals surface area (Å²) in [7, 11) is 0. The molecule has 1 heterocycles. The number of hydrogen-bond donors (Lipinski definition) is 5. The van der Waals surface area contributed by atoms with Gasteiger partial charge in [-0.2, -0.15) is 12.6 Å². The average molecular weight is 406 g/mol. The van der Waals surface area contributed by atoms with Crippen LogP contribution in [0, 0.1) is 11.8 Å². The molecular weight excluding hydrogens is 378 g/mol. The van der Waals surface area contributed by atoms with Crippen molar-refractivity contribution in [1.29, 1.82) is 0 Å². The summed E-state index contributed by atoms with van der Waals surface area (Å²) in [4.78, 5) is 39.0. The van der Waals surface area contributed by atoms with Crippen molar-refractivity contribution in [3.8, 4) is 0 Å². The van der Waals surface area contributed by atoms with Crippen molar-refractivity contribution in [2.75, 3.05) is 12.3 Å². The normalized spacial score (nSPS) is 13.3. The van der Waals surface area contributed by atoms with E-state index in [2.05, 4.69) is 28.2 Å². The first-order valence-corrected chi connectivity index (χ1v) is 9.92. The molecule has 0 fully saturated rings. The van der Waals surface area contributed by atoms with Gasteiger partial charge in [0.25, 0.3) is 0 Å². The number of aromatic nitrogens is 1. The second-order valence-corrected chi connectivity index (χ2v) is 7.47. The Labute approximate surface area is 169 Å². The summed E-state index contributed by atoms with van der Waals surface area (Å²) in [6.07, 6.45) is 2.24. The number of carboxylic acid groups (broad SMARTS) is 1. The molecule has 1 unspecified atom stereocenters. The summed E-state index contributed by atoms with van der Waals surface area (Å²) in [5, 5.41) is 15.1. The Bertz CT molecular complexity index is 834. The van der Waals surface area contributed by atoms with Crippen molar-refractivity contribution in [3.05, 3.63) is 36.0 Å². The lowest BCUT2D eigenvalue weighted by molar-refractivity contribution is -0.137. The van der Waals surface area contributed by atoms with Crippen molar-refractivity contribution >= 4 is 41.3 Å². The number of carboxylic acids is 1. The SMILES string of the molecule is CC(C)[C@H](NC(=O)C(CS)Cc1c[nH]c2ccccc12)C(=O)NCCC(=O)O. The highest BCUT2D eigenvalue weighted by molar-refractivity contribution is 7.80. The van der Waals surface area contributed by atoms with Crippen LogP contribution in [0.15, 0.2) is 30.5 Å². The largest absolute Gasteiger partial charge is 0.481 e. The van der Waals surface area contributed by atoms with Crippen molar-refractivity contribution in [1.82, 2.24) is 15.6 Å². The van der Waals surface area contributed by atoms with Crippen molar-refractivity contribution in [3.63, 3.8) is 0 Å². The summed E-state index contributed by atoms with van der Waals surface area (Å²) in [5.74, 6) is -1.80. The Hall–Kier alpha value is -2.48. The van der Waals surface area contributed by atoms with Crippen molar-refractivity contribution < 1.29 is 19.5 Å². The molecule has 8 heteroatoms. The van der Waals surface area contributed by atoms with Crippen LogP contribution < -0.4 is 10.6 Å². The number of thiol groups is 1. The molecule has 2 amide bonds. The molecule has 0 radical (unpaired) electrons. The smallest absolute Gasteiger partial charge is 0.305 e. The fourth-order valence-corrected chi connectivity index (χ4v) is 3.31. The summed E-state index contributed by atoms with van der Waals surface area (Å²) in [6.45, 7) is 3.69. The Morgan fingerprint density at radius 3 is 2.54 bits per heavy atom. The van der Waals surface area contributed by atoms with Crippen LogP contribution in [0.5, 0.6) is 0 Å². The minimum atomic E-state index is -0.987. The Kier molecular flexibility index (Phi) is 7.92. The number of carbonyl (C=O) groups is 3. The molecule has 0 aliphatic heterocycles. The third-order valence-corrected chi connectivity index (χ3v) is 5.06. The second kappa shape index (κ2) is 10.2. The van der Waals surface area contributed by atoms with Gasteiger partial charge in [-0.3, -0.25) is 14.4 Å². The number of hydrogen-bond acceptors (Lipinski definition) is 4. The maximum atomic E-state index is 12.8. The topological polar surface area (TPSA) is 111 Å². The van der Waals surface area contributed by atoms with E-state index in [-0.39, 0.29) is 30.7 Å². The van der Waals surface area contributed by atoms with E-state index in [1.165, 1.54) is 0 Å². The number of rotatable bonds is 10. The molecule has 0 aliphatic carbocycles. The van der Waals surface area contributed by atoms with Gasteiger partial charge in [-0.25, -0.2) is 0 Å². The van der Waals surface area contributed by atoms with Crippen LogP contribution in [-0.2, 0) is 20.8 Å². The van der Waals surface area contributed by atoms with Gasteiger partial charge in [0.05, 0.1) is 12.3 Å². The molecule has 2 aromatic rings. The van der Waals surface area contributed by atoms with E-state index in [4.69, 9.17) is 5.11 Å². The van der Waals surface area contributed by atoms with Crippen molar-refractivity contribution in [2.24, 2.45) is 11.8 Å². The fraction of sp³-hybridized carbons (Fsp3) is 0.450. The molecule has 7 nitrogen and oxygen atoms in total. The number of amides is 2. The van der Waals surface area contributed by atoms with E-state index in [0.29, 0.717) is 12.2 Å². The van der Waals surface area contributed by atoms with Gasteiger partial charge >= 0.3 is 5.97 Å². The van der Waals surface area contributed by atoms with Gasteiger partial charge < -0.3 is 20.7 Å². The third-order valence-electron chi connectivity index (χ3n) is 4.62. The fourth-order valence-electron chi connectivity index (χ4n) is 3.01. The number of benzene rings is 1. The molecule has 28 heavy (non-hydrogen) atoms. The van der Waals surface area contributed by atoms with Crippen LogP contribution in [0.25, 0.3) is 10.9 Å². The van der Waals surface area contributed by atoms with Crippen LogP contribution in [-0.4, -0.2) is 46.2 Å². The Balaban J connectivity index is 2.03. The van der Waals surface area contributed by atoms with E-state index in [1.54, 1.807) is 0 Å². The monoisotopic (exact) mass is 405 g/mol. The summed E-state index contributed by atoms with van der Waals surface area (Å²) in [5.41, 5.74) is 2.03. The highest BCUT2D eigenvalue weighted by atomic mass is 32.1. The van der Waals surface area contributed by atoms with Gasteiger partial charge in [0, 0.05) is 29.4 Å². The van der Waals surface area contributed by atoms with E-state index in [1.807, 2.05) is 44.3 Å². The first-order chi connectivity index (χ1) is 13.3. The average Bonchev–Trinajstić information content (AvgIpc) is 3.06. The molecule has 0 saturated heterocycles. The lowest BCUT2D eigenvalue weighted by Crippen LogP contribution is -2.51. The molecule has 2 atom stereocenters. The van der Waals surface area contributed by atoms with Crippen molar-refractivity contribution in [2.45, 2.75) is 32.7 Å². The number of fused-ring (bicyclic) bond motifs is 1. The van der Waals surface area contributed by atoms with E-state index < -0.39 is 17.9 Å². The number of para-hydroxylation sites is 1. The van der Waals surface area contributed by atoms with Gasteiger partial charge in [0.2, 0.25) is 11.8 Å². The molecular formula is C20H27N3O4S. The summed E-state index contributed by atoms with van der Waals surface area (Å²) < 4.78 is 0. The molecule has 0 spiro atoms. The van der Waals surface area contributed by atoms with E-state index in [9.17, 15) is 14.4 Å². The van der Waals surface area contributed by atoms with Crippen LogP contribution in [0.2, 0.25) is 0 Å². The third kappa shape index (κ3) is 5.76. The molecule has 1 aromatic carbocycles. The van der Waals surface area contributed by atoms with Gasteiger partial charge in [-0.15, -0.1) is 0 Å². The highest BCUT2D eigenvalue weighted by Gasteiger charge is 2.27. The number of nitrogens with one attached hydrogen (secondary N) is 3. The minimum Gasteiger partial charge on any atom is -0.481 e. The maximum absolute atomic E-state index is 12.8. The number of aliphatic carboxylic acids is 1. The van der Waals surface area contributed by atoms with E-state index in [0.717, 1.165) is 16.5 Å². The van der Waals surface area contributed by atoms with Crippen LogP contribution in [0.4, 0.5) is 0 Å². The summed E-state index contributed by atoms with van der Waals surface area (Å²) >= 11 is 4.33. The quantitative estimate of drug-likeness (QED) is 0.389. The predicted octanol–water partition coefficient (Wildman–Crippen LogP) is 1.99. The standard InChI is InChI=1S/C20H27N3O4S/c1-12(2)18(20(27)21-8-7-17(24)25)23-19(26)14(11-28)9-13-10-22-16-6-4-3-5-15(13)16/h3-6,10,12,14,18,22,28H,7-9,11H2,1-2H3,(H,21,27)(H,23,26)(H,24,25)/t14?,18-/m0/s1. The van der Waals surface area contributed by atoms with E-state index >= 15 is 0 Å². The van der Waals surface area contributed by atoms with Crippen LogP contribution >= 0.6 is 12.6 Å². The zero-order valence-corrected chi connectivity index (χ0v) is 17.0. The lowest BCUT2D eigenvalue weighted by Gasteiger charge is -2.24. The Morgan fingerprint density at radius 2 is 1.89 bits per heavy atom.